The van der Waals surface area contributed by atoms with Gasteiger partial charge in [-0.15, -0.1) is 0 Å². The molecule has 3 rings (SSSR count). The van der Waals surface area contributed by atoms with E-state index in [0.717, 1.165) is 5.56 Å². The summed E-state index contributed by atoms with van der Waals surface area (Å²) >= 11 is 0. The number of pyridine rings is 2. The van der Waals surface area contributed by atoms with Crippen molar-refractivity contribution in [3.63, 3.8) is 0 Å². The monoisotopic (exact) mass is 436 g/mol. The number of rotatable bonds is 4. The van der Waals surface area contributed by atoms with Crippen molar-refractivity contribution in [2.75, 3.05) is 26.7 Å². The molecule has 1 aliphatic rings. The molecule has 0 aliphatic carbocycles. The minimum absolute atomic E-state index is 0.0753. The average Bonchev–Trinajstić information content (AvgIpc) is 2.80. The minimum Gasteiger partial charge on any atom is -0.472 e. The Bertz CT molecular complexity index is 1030. The third-order valence-electron chi connectivity index (χ3n) is 5.53. The van der Waals surface area contributed by atoms with Crippen molar-refractivity contribution >= 4 is 11.8 Å². The molecule has 0 bridgehead atoms. The van der Waals surface area contributed by atoms with Crippen molar-refractivity contribution in [2.24, 2.45) is 5.92 Å². The number of carbonyl (C=O) groups excluding carboxylic acids is 2. The number of amides is 2. The molecule has 3 atom stereocenters. The zero-order valence-corrected chi connectivity index (χ0v) is 18.8. The first kappa shape index (κ1) is 23.2. The highest BCUT2D eigenvalue weighted by Gasteiger charge is 2.34. The first-order valence-corrected chi connectivity index (χ1v) is 10.5. The Morgan fingerprint density at radius 2 is 2.12 bits per heavy atom. The third-order valence-corrected chi connectivity index (χ3v) is 5.53. The highest BCUT2D eigenvalue weighted by molar-refractivity contribution is 5.97. The number of nitrogens with zero attached hydrogens (tertiary/aromatic N) is 4. The van der Waals surface area contributed by atoms with Crippen LogP contribution >= 0.6 is 0 Å². The predicted molar refractivity (Wildman–Crippen MR) is 119 cm³/mol. The molecule has 2 aromatic heterocycles. The molecule has 0 unspecified atom stereocenters. The molecule has 0 fully saturated rings. The highest BCUT2D eigenvalue weighted by Crippen LogP contribution is 2.27. The smallest absolute Gasteiger partial charge is 0.259 e. The fourth-order valence-corrected chi connectivity index (χ4v) is 3.37. The fraction of sp³-hybridized carbons (Fsp3) is 0.417. The molecule has 2 amide bonds. The van der Waals surface area contributed by atoms with Gasteiger partial charge in [0.2, 0.25) is 11.8 Å². The number of aliphatic hydroxyl groups excluding tert-OH is 1. The first-order chi connectivity index (χ1) is 15.3. The second-order valence-corrected chi connectivity index (χ2v) is 8.09. The van der Waals surface area contributed by atoms with Crippen molar-refractivity contribution in [1.82, 2.24) is 19.8 Å². The molecule has 0 aromatic carbocycles. The molecule has 0 saturated carbocycles. The number of aromatic nitrogens is 2. The van der Waals surface area contributed by atoms with Crippen molar-refractivity contribution in [1.29, 1.82) is 0 Å². The lowest BCUT2D eigenvalue weighted by atomic mass is 10.00. The van der Waals surface area contributed by atoms with Gasteiger partial charge in [0.05, 0.1) is 19.2 Å². The van der Waals surface area contributed by atoms with Crippen LogP contribution in [0, 0.1) is 17.8 Å². The van der Waals surface area contributed by atoms with Crippen LogP contribution in [0.2, 0.25) is 0 Å². The highest BCUT2D eigenvalue weighted by atomic mass is 16.5. The summed E-state index contributed by atoms with van der Waals surface area (Å²) in [6, 6.07) is 4.92. The van der Waals surface area contributed by atoms with Gasteiger partial charge in [0.1, 0.15) is 11.7 Å². The lowest BCUT2D eigenvalue weighted by Gasteiger charge is -2.37. The normalized spacial score (nSPS) is 18.9. The summed E-state index contributed by atoms with van der Waals surface area (Å²) in [5.74, 6) is 5.78. The third kappa shape index (κ3) is 5.42. The van der Waals surface area contributed by atoms with Crippen LogP contribution in [0.4, 0.5) is 0 Å². The Kier molecular flexibility index (Phi) is 7.44. The molecule has 8 nitrogen and oxygen atoms in total. The summed E-state index contributed by atoms with van der Waals surface area (Å²) in [7, 11) is 1.71. The van der Waals surface area contributed by atoms with Gasteiger partial charge in [0.15, 0.2) is 0 Å². The Morgan fingerprint density at radius 3 is 2.78 bits per heavy atom. The zero-order chi connectivity index (χ0) is 23.3. The largest absolute Gasteiger partial charge is 0.472 e. The zero-order valence-electron chi connectivity index (χ0n) is 18.8. The minimum atomic E-state index is -0.382. The molecular weight excluding hydrogens is 408 g/mol. The van der Waals surface area contributed by atoms with E-state index in [-0.39, 0.29) is 47.9 Å². The van der Waals surface area contributed by atoms with Gasteiger partial charge in [0.25, 0.3) is 5.91 Å². The van der Waals surface area contributed by atoms with Crippen LogP contribution in [0.1, 0.15) is 42.3 Å². The molecule has 0 radical (unpaired) electrons. The molecule has 8 heteroatoms. The van der Waals surface area contributed by atoms with Crippen LogP contribution in [0.3, 0.4) is 0 Å². The van der Waals surface area contributed by atoms with Crippen LogP contribution in [0.15, 0.2) is 36.8 Å². The summed E-state index contributed by atoms with van der Waals surface area (Å²) in [5, 5.41) is 9.73. The number of fused-ring (bicyclic) bond motifs is 1. The Labute approximate surface area is 188 Å². The molecule has 0 spiro atoms. The summed E-state index contributed by atoms with van der Waals surface area (Å²) < 4.78 is 6.15. The van der Waals surface area contributed by atoms with Gasteiger partial charge in [-0.3, -0.25) is 14.6 Å². The lowest BCUT2D eigenvalue weighted by Crippen LogP contribution is -2.50. The number of aliphatic hydroxyl groups is 1. The van der Waals surface area contributed by atoms with Crippen molar-refractivity contribution in [2.45, 2.75) is 32.9 Å². The van der Waals surface area contributed by atoms with Crippen LogP contribution in [0.5, 0.6) is 5.88 Å². The molecule has 1 N–H and O–H groups in total. The first-order valence-electron chi connectivity index (χ1n) is 10.5. The van der Waals surface area contributed by atoms with Gasteiger partial charge >= 0.3 is 0 Å². The van der Waals surface area contributed by atoms with Gasteiger partial charge in [-0.25, -0.2) is 4.98 Å². The number of hydrogen-bond acceptors (Lipinski definition) is 6. The molecule has 168 valence electrons. The molecular formula is C24H28N4O4. The molecule has 1 aliphatic heterocycles. The molecule has 32 heavy (non-hydrogen) atoms. The topological polar surface area (TPSA) is 95.9 Å². The predicted octanol–water partition coefficient (Wildman–Crippen LogP) is 1.57. The van der Waals surface area contributed by atoms with E-state index in [1.54, 1.807) is 54.5 Å². The second-order valence-electron chi connectivity index (χ2n) is 8.09. The van der Waals surface area contributed by atoms with Gasteiger partial charge in [-0.1, -0.05) is 18.8 Å². The second kappa shape index (κ2) is 10.2. The van der Waals surface area contributed by atoms with Crippen LogP contribution in [-0.4, -0.2) is 75.6 Å². The van der Waals surface area contributed by atoms with E-state index >= 15 is 0 Å². The van der Waals surface area contributed by atoms with Gasteiger partial charge in [-0.2, -0.15) is 0 Å². The van der Waals surface area contributed by atoms with E-state index in [1.807, 2.05) is 13.0 Å². The molecule has 3 heterocycles. The Balaban J connectivity index is 2.00. The summed E-state index contributed by atoms with van der Waals surface area (Å²) in [4.78, 5) is 36.8. The van der Waals surface area contributed by atoms with Gasteiger partial charge < -0.3 is 19.6 Å². The maximum atomic E-state index is 13.4. The van der Waals surface area contributed by atoms with E-state index in [2.05, 4.69) is 21.8 Å². The van der Waals surface area contributed by atoms with Crippen molar-refractivity contribution in [3.8, 4) is 17.7 Å². The quantitative estimate of drug-likeness (QED) is 0.731. The van der Waals surface area contributed by atoms with Crippen LogP contribution < -0.4 is 4.74 Å². The van der Waals surface area contributed by atoms with Crippen molar-refractivity contribution < 1.29 is 19.4 Å². The van der Waals surface area contributed by atoms with Gasteiger partial charge in [-0.05, 0) is 25.1 Å². The number of likely N-dealkylation sites (N-methyl/N-ethyl adjacent to an activating group) is 1. The van der Waals surface area contributed by atoms with E-state index in [1.165, 1.54) is 6.92 Å². The number of carbonyl (C=O) groups is 2. The summed E-state index contributed by atoms with van der Waals surface area (Å²) in [6.07, 6.45) is 4.52. The Hall–Kier alpha value is -3.44. The van der Waals surface area contributed by atoms with Crippen molar-refractivity contribution in [3.05, 3.63) is 53.5 Å². The lowest BCUT2D eigenvalue weighted by molar-refractivity contribution is -0.129. The van der Waals surface area contributed by atoms with E-state index < -0.39 is 0 Å². The number of ether oxygens (including phenoxy) is 1. The van der Waals surface area contributed by atoms with E-state index in [9.17, 15) is 14.7 Å². The maximum Gasteiger partial charge on any atom is 0.259 e. The van der Waals surface area contributed by atoms with Crippen LogP contribution in [0.25, 0.3) is 0 Å². The van der Waals surface area contributed by atoms with E-state index in [4.69, 9.17) is 4.74 Å². The summed E-state index contributed by atoms with van der Waals surface area (Å²) in [6.45, 7) is 5.82. The summed E-state index contributed by atoms with van der Waals surface area (Å²) in [5.41, 5.74) is 1.59. The van der Waals surface area contributed by atoms with Gasteiger partial charge in [0, 0.05) is 56.2 Å². The number of hydrogen-bond donors (Lipinski definition) is 1. The SMILES string of the molecule is CC(=O)N(C)C[C@@H]1Oc2ncc(C#Cc3cccnc3)cc2C(=O)N([C@@H](C)CO)C[C@H]1C. The maximum absolute atomic E-state index is 13.4. The standard InChI is InChI=1S/C24H28N4O4/c1-16-13-28(17(2)15-29)24(31)21-10-20(8-7-19-6-5-9-25-11-19)12-26-23(21)32-22(16)14-27(4)18(3)30/h5-6,9-12,16-17,22,29H,13-15H2,1-4H3/t16-,17+,22+/m1/s1. The van der Waals surface area contributed by atoms with E-state index in [0.29, 0.717) is 18.7 Å². The van der Waals surface area contributed by atoms with Crippen LogP contribution in [-0.2, 0) is 4.79 Å². The fourth-order valence-electron chi connectivity index (χ4n) is 3.37. The molecule has 2 aromatic rings. The molecule has 0 saturated heterocycles. The average molecular weight is 437 g/mol. The Morgan fingerprint density at radius 1 is 1.38 bits per heavy atom.